The van der Waals surface area contributed by atoms with Crippen LogP contribution >= 0.6 is 0 Å². The molecule has 0 saturated carbocycles. The number of carbonyl (C=O) groups excluding carboxylic acids is 1. The van der Waals surface area contributed by atoms with Gasteiger partial charge >= 0.3 is 0 Å². The average molecular weight is 366 g/mol. The van der Waals surface area contributed by atoms with Crippen molar-refractivity contribution in [3.05, 3.63) is 78.9 Å². The third kappa shape index (κ3) is 5.18. The molecule has 26 heavy (non-hydrogen) atoms. The number of benzene rings is 2. The molecule has 0 saturated heterocycles. The van der Waals surface area contributed by atoms with Crippen molar-refractivity contribution in [2.75, 3.05) is 0 Å². The summed E-state index contributed by atoms with van der Waals surface area (Å²) in [7, 11) is -1.94. The molecule has 2 nitrogen and oxygen atoms in total. The number of allylic oxidation sites excluding steroid dienone is 1. The Bertz CT molecular complexity index is 699. The molecular weight excluding hydrogens is 334 g/mol. The van der Waals surface area contributed by atoms with Crippen molar-refractivity contribution in [3.63, 3.8) is 0 Å². The maximum absolute atomic E-state index is 12.9. The zero-order chi connectivity index (χ0) is 19.0. The third-order valence-corrected chi connectivity index (χ3v) is 10.0. The molecule has 2 atom stereocenters. The van der Waals surface area contributed by atoms with Gasteiger partial charge in [-0.25, -0.2) is 0 Å². The third-order valence-electron chi connectivity index (χ3n) is 5.12. The summed E-state index contributed by atoms with van der Waals surface area (Å²) in [5.74, 6) is 0.555. The second-order valence-electron chi connectivity index (χ2n) is 7.63. The van der Waals surface area contributed by atoms with Crippen molar-refractivity contribution < 1.29 is 4.79 Å². The second kappa shape index (κ2) is 9.53. The van der Waals surface area contributed by atoms with E-state index in [1.54, 1.807) is 0 Å². The number of hydrogen-bond donors (Lipinski definition) is 1. The summed E-state index contributed by atoms with van der Waals surface area (Å²) in [4.78, 5) is 12.9. The molecule has 1 N–H and O–H groups in total. The van der Waals surface area contributed by atoms with Crippen LogP contribution in [0.1, 0.15) is 37.0 Å². The lowest BCUT2D eigenvalue weighted by Crippen LogP contribution is -2.62. The van der Waals surface area contributed by atoms with Crippen molar-refractivity contribution in [2.45, 2.75) is 44.9 Å². The van der Waals surface area contributed by atoms with Gasteiger partial charge in [-0.2, -0.15) is 0 Å². The van der Waals surface area contributed by atoms with Crippen LogP contribution in [0.25, 0.3) is 0 Å². The van der Waals surface area contributed by atoms with Gasteiger partial charge in [0.15, 0.2) is 0 Å². The van der Waals surface area contributed by atoms with Gasteiger partial charge in [-0.05, 0) is 36.9 Å². The van der Waals surface area contributed by atoms with Gasteiger partial charge < -0.3 is 5.32 Å². The van der Waals surface area contributed by atoms with E-state index in [-0.39, 0.29) is 11.6 Å². The first-order valence-corrected chi connectivity index (χ1v) is 12.3. The molecule has 0 aliphatic rings. The maximum atomic E-state index is 12.9. The first-order valence-electron chi connectivity index (χ1n) is 9.49. The summed E-state index contributed by atoms with van der Waals surface area (Å²) in [5, 5.41) is 4.80. The lowest BCUT2D eigenvalue weighted by Gasteiger charge is -2.38. The predicted molar refractivity (Wildman–Crippen MR) is 114 cm³/mol. The Hall–Kier alpha value is -2.13. The van der Waals surface area contributed by atoms with Crippen molar-refractivity contribution in [3.8, 4) is 0 Å². The van der Waals surface area contributed by atoms with Crippen LogP contribution < -0.4 is 10.5 Å². The van der Waals surface area contributed by atoms with Crippen LogP contribution in [0.4, 0.5) is 0 Å². The molecule has 3 heteroatoms. The molecule has 2 aromatic rings. The molecule has 0 bridgehead atoms. The molecule has 0 aliphatic carbocycles. The van der Waals surface area contributed by atoms with Gasteiger partial charge in [0.25, 0.3) is 5.91 Å². The largest absolute Gasteiger partial charge is 0.352 e. The SMILES string of the molecule is C=CCC[Si](C)(c1ccccc1)C(CC(C)C)NC(=O)c1ccccc1. The van der Waals surface area contributed by atoms with E-state index < -0.39 is 8.07 Å². The molecule has 0 aliphatic heterocycles. The Balaban J connectivity index is 2.36. The molecule has 0 spiro atoms. The van der Waals surface area contributed by atoms with Crippen LogP contribution in [-0.2, 0) is 0 Å². The standard InChI is InChI=1S/C23H31NOSi/c1-5-6-17-26(4,21-15-11-8-12-16-21)22(18-19(2)3)24-23(25)20-13-9-7-10-14-20/h5,7-16,19,22H,1,6,17-18H2,2-4H3,(H,24,25). The molecule has 0 heterocycles. The summed E-state index contributed by atoms with van der Waals surface area (Å²) < 4.78 is 0. The molecule has 0 fully saturated rings. The molecule has 2 unspecified atom stereocenters. The summed E-state index contributed by atoms with van der Waals surface area (Å²) in [6.45, 7) is 10.8. The van der Waals surface area contributed by atoms with Gasteiger partial charge in [0, 0.05) is 11.2 Å². The minimum Gasteiger partial charge on any atom is -0.352 e. The van der Waals surface area contributed by atoms with E-state index >= 15 is 0 Å². The second-order valence-corrected chi connectivity index (χ2v) is 12.2. The van der Waals surface area contributed by atoms with Gasteiger partial charge in [-0.1, -0.05) is 80.2 Å². The topological polar surface area (TPSA) is 29.1 Å². The van der Waals surface area contributed by atoms with Crippen molar-refractivity contribution >= 4 is 19.2 Å². The van der Waals surface area contributed by atoms with Crippen LogP contribution in [0.3, 0.4) is 0 Å². The Kier molecular flexibility index (Phi) is 7.40. The van der Waals surface area contributed by atoms with Crippen LogP contribution in [0.15, 0.2) is 73.3 Å². The highest BCUT2D eigenvalue weighted by Crippen LogP contribution is 2.23. The van der Waals surface area contributed by atoms with Crippen LogP contribution in [0.2, 0.25) is 12.6 Å². The molecule has 2 aromatic carbocycles. The fourth-order valence-electron chi connectivity index (χ4n) is 3.52. The van der Waals surface area contributed by atoms with Gasteiger partial charge in [-0.3, -0.25) is 4.79 Å². The van der Waals surface area contributed by atoms with E-state index in [1.165, 1.54) is 5.19 Å². The van der Waals surface area contributed by atoms with Crippen LogP contribution in [-0.4, -0.2) is 19.6 Å². The molecule has 0 aromatic heterocycles. The lowest BCUT2D eigenvalue weighted by molar-refractivity contribution is 0.0944. The highest BCUT2D eigenvalue weighted by molar-refractivity contribution is 6.92. The lowest BCUT2D eigenvalue weighted by atomic mass is 10.1. The van der Waals surface area contributed by atoms with Crippen molar-refractivity contribution in [1.82, 2.24) is 5.32 Å². The number of rotatable bonds is 9. The fraction of sp³-hybridized carbons (Fsp3) is 0.348. The monoisotopic (exact) mass is 365 g/mol. The molecule has 1 amide bonds. The summed E-state index contributed by atoms with van der Waals surface area (Å²) >= 11 is 0. The van der Waals surface area contributed by atoms with E-state index in [9.17, 15) is 4.79 Å². The highest BCUT2D eigenvalue weighted by atomic mass is 28.3. The van der Waals surface area contributed by atoms with Crippen molar-refractivity contribution in [2.24, 2.45) is 5.92 Å². The van der Waals surface area contributed by atoms with E-state index in [0.717, 1.165) is 24.4 Å². The van der Waals surface area contributed by atoms with Gasteiger partial charge in [-0.15, -0.1) is 6.58 Å². The smallest absolute Gasteiger partial charge is 0.251 e. The number of amides is 1. The number of carbonyl (C=O) groups is 1. The molecule has 138 valence electrons. The summed E-state index contributed by atoms with van der Waals surface area (Å²) in [5.41, 5.74) is 0.923. The minimum atomic E-state index is -1.94. The van der Waals surface area contributed by atoms with E-state index in [1.807, 2.05) is 36.4 Å². The Morgan fingerprint density at radius 1 is 1.08 bits per heavy atom. The first-order chi connectivity index (χ1) is 12.5. The summed E-state index contributed by atoms with van der Waals surface area (Å²) in [6, 6.07) is 21.4. The summed E-state index contributed by atoms with van der Waals surface area (Å²) in [6.07, 6.45) is 3.97. The van der Waals surface area contributed by atoms with Crippen molar-refractivity contribution in [1.29, 1.82) is 0 Å². The maximum Gasteiger partial charge on any atom is 0.251 e. The molecule has 0 radical (unpaired) electrons. The Labute approximate surface area is 159 Å². The number of nitrogens with one attached hydrogen (secondary N) is 1. The average Bonchev–Trinajstić information content (AvgIpc) is 2.66. The quantitative estimate of drug-likeness (QED) is 0.495. The molecule has 2 rings (SSSR count). The van der Waals surface area contributed by atoms with Crippen LogP contribution in [0, 0.1) is 5.92 Å². The van der Waals surface area contributed by atoms with Crippen LogP contribution in [0.5, 0.6) is 0 Å². The Morgan fingerprint density at radius 2 is 1.65 bits per heavy atom. The van der Waals surface area contributed by atoms with E-state index in [2.05, 4.69) is 62.6 Å². The Morgan fingerprint density at radius 3 is 2.19 bits per heavy atom. The molecular formula is C23H31NOSi. The van der Waals surface area contributed by atoms with E-state index in [0.29, 0.717) is 5.92 Å². The first kappa shape index (κ1) is 20.2. The van der Waals surface area contributed by atoms with Gasteiger partial charge in [0.2, 0.25) is 0 Å². The highest BCUT2D eigenvalue weighted by Gasteiger charge is 2.39. The zero-order valence-corrected chi connectivity index (χ0v) is 17.2. The van der Waals surface area contributed by atoms with E-state index in [4.69, 9.17) is 0 Å². The minimum absolute atomic E-state index is 0.0320. The van der Waals surface area contributed by atoms with Gasteiger partial charge in [0.05, 0.1) is 0 Å². The van der Waals surface area contributed by atoms with Gasteiger partial charge in [0.1, 0.15) is 8.07 Å². The zero-order valence-electron chi connectivity index (χ0n) is 16.2. The normalized spacial score (nSPS) is 14.5. The predicted octanol–water partition coefficient (Wildman–Crippen LogP) is 4.93. The number of hydrogen-bond acceptors (Lipinski definition) is 1. The fourth-order valence-corrected chi connectivity index (χ4v) is 7.76.